The van der Waals surface area contributed by atoms with Crippen molar-refractivity contribution in [2.75, 3.05) is 5.32 Å². The molecule has 0 aliphatic heterocycles. The SMILES string of the molecule is CC(=O)Nc1ccc(C2CCCCC2)cc1C#C[Si](C)(C)C. The molecule has 0 saturated heterocycles. The highest BCUT2D eigenvalue weighted by Gasteiger charge is 2.17. The van der Waals surface area contributed by atoms with Gasteiger partial charge in [-0.2, -0.15) is 0 Å². The minimum atomic E-state index is -1.43. The number of hydrogen-bond donors (Lipinski definition) is 1. The first-order valence-corrected chi connectivity index (χ1v) is 11.8. The minimum absolute atomic E-state index is 0.0403. The largest absolute Gasteiger partial charge is 0.325 e. The zero-order chi connectivity index (χ0) is 16.2. The first-order valence-electron chi connectivity index (χ1n) is 8.30. The Morgan fingerprint density at radius 3 is 2.45 bits per heavy atom. The summed E-state index contributed by atoms with van der Waals surface area (Å²) in [6.45, 7) is 8.26. The van der Waals surface area contributed by atoms with Gasteiger partial charge in [-0.05, 0) is 36.5 Å². The van der Waals surface area contributed by atoms with E-state index in [-0.39, 0.29) is 5.91 Å². The van der Waals surface area contributed by atoms with Crippen molar-refractivity contribution in [3.05, 3.63) is 29.3 Å². The van der Waals surface area contributed by atoms with Crippen LogP contribution in [0.15, 0.2) is 18.2 Å². The summed E-state index contributed by atoms with van der Waals surface area (Å²) >= 11 is 0. The van der Waals surface area contributed by atoms with Crippen LogP contribution in [0.1, 0.15) is 56.1 Å². The molecule has 0 atom stereocenters. The lowest BCUT2D eigenvalue weighted by Crippen LogP contribution is -2.16. The van der Waals surface area contributed by atoms with Crippen LogP contribution >= 0.6 is 0 Å². The molecule has 1 aromatic carbocycles. The number of anilines is 1. The predicted molar refractivity (Wildman–Crippen MR) is 96.8 cm³/mol. The van der Waals surface area contributed by atoms with Crippen molar-refractivity contribution in [3.8, 4) is 11.5 Å². The Balaban J connectivity index is 2.35. The van der Waals surface area contributed by atoms with Crippen molar-refractivity contribution in [3.63, 3.8) is 0 Å². The van der Waals surface area contributed by atoms with Crippen molar-refractivity contribution < 1.29 is 4.79 Å². The van der Waals surface area contributed by atoms with Crippen LogP contribution < -0.4 is 5.32 Å². The van der Waals surface area contributed by atoms with Gasteiger partial charge in [-0.15, -0.1) is 5.54 Å². The van der Waals surface area contributed by atoms with Crippen LogP contribution in [0.25, 0.3) is 0 Å². The summed E-state index contributed by atoms with van der Waals surface area (Å²) in [5, 5.41) is 2.91. The molecule has 0 spiro atoms. The third kappa shape index (κ3) is 5.03. The standard InChI is InChI=1S/C19H27NOSi/c1-15(21)20-19-11-10-17(16-8-6-5-7-9-16)14-18(19)12-13-22(2,3)4/h10-11,14,16H,5-9H2,1-4H3,(H,20,21). The first kappa shape index (κ1) is 16.8. The van der Waals surface area contributed by atoms with Crippen LogP contribution in [0.2, 0.25) is 19.6 Å². The summed E-state index contributed by atoms with van der Waals surface area (Å²) in [5.74, 6) is 3.95. The van der Waals surface area contributed by atoms with Gasteiger partial charge in [0.15, 0.2) is 0 Å². The van der Waals surface area contributed by atoms with Crippen molar-refractivity contribution >= 4 is 19.7 Å². The van der Waals surface area contributed by atoms with E-state index in [0.29, 0.717) is 5.92 Å². The van der Waals surface area contributed by atoms with E-state index in [1.807, 2.05) is 6.07 Å². The topological polar surface area (TPSA) is 29.1 Å². The van der Waals surface area contributed by atoms with Crippen LogP contribution in [0.5, 0.6) is 0 Å². The molecule has 0 radical (unpaired) electrons. The average Bonchev–Trinajstić information content (AvgIpc) is 2.46. The lowest BCUT2D eigenvalue weighted by atomic mass is 9.83. The molecule has 1 N–H and O–H groups in total. The predicted octanol–water partition coefficient (Wildman–Crippen LogP) is 4.92. The fourth-order valence-corrected chi connectivity index (χ4v) is 3.42. The lowest BCUT2D eigenvalue weighted by Gasteiger charge is -2.22. The van der Waals surface area contributed by atoms with E-state index in [9.17, 15) is 4.79 Å². The van der Waals surface area contributed by atoms with Gasteiger partial charge in [-0.25, -0.2) is 0 Å². The maximum atomic E-state index is 11.4. The number of carbonyl (C=O) groups is 1. The fourth-order valence-electron chi connectivity index (χ4n) is 2.91. The van der Waals surface area contributed by atoms with Crippen LogP contribution in [0.4, 0.5) is 5.69 Å². The molecule has 1 saturated carbocycles. The smallest absolute Gasteiger partial charge is 0.221 e. The summed E-state index contributed by atoms with van der Waals surface area (Å²) in [5.41, 5.74) is 6.62. The molecule has 0 heterocycles. The molecule has 22 heavy (non-hydrogen) atoms. The molecule has 1 aromatic rings. The summed E-state index contributed by atoms with van der Waals surface area (Å²) in [4.78, 5) is 11.4. The molecule has 118 valence electrons. The number of benzene rings is 1. The Morgan fingerprint density at radius 2 is 1.86 bits per heavy atom. The fraction of sp³-hybridized carbons (Fsp3) is 0.526. The van der Waals surface area contributed by atoms with Gasteiger partial charge in [0.25, 0.3) is 0 Å². The summed E-state index contributed by atoms with van der Waals surface area (Å²) in [7, 11) is -1.43. The van der Waals surface area contributed by atoms with E-state index in [2.05, 4.69) is 48.6 Å². The molecule has 1 amide bonds. The van der Waals surface area contributed by atoms with Gasteiger partial charge >= 0.3 is 0 Å². The Morgan fingerprint density at radius 1 is 1.18 bits per heavy atom. The third-order valence-electron chi connectivity index (χ3n) is 4.00. The molecule has 1 aliphatic carbocycles. The summed E-state index contributed by atoms with van der Waals surface area (Å²) in [6, 6.07) is 6.40. The second kappa shape index (κ2) is 7.15. The Kier molecular flexibility index (Phi) is 5.47. The molecule has 1 fully saturated rings. The van der Waals surface area contributed by atoms with Gasteiger partial charge in [-0.3, -0.25) is 4.79 Å². The second-order valence-electron chi connectivity index (χ2n) is 7.32. The average molecular weight is 314 g/mol. The maximum Gasteiger partial charge on any atom is 0.221 e. The molecule has 2 nitrogen and oxygen atoms in total. The number of carbonyl (C=O) groups excluding carboxylic acids is 1. The highest BCUT2D eigenvalue weighted by atomic mass is 28.3. The number of nitrogens with one attached hydrogen (secondary N) is 1. The first-order chi connectivity index (χ1) is 10.3. The normalized spacial score (nSPS) is 15.8. The lowest BCUT2D eigenvalue weighted by molar-refractivity contribution is -0.114. The molecule has 0 bridgehead atoms. The highest BCUT2D eigenvalue weighted by molar-refractivity contribution is 6.83. The summed E-state index contributed by atoms with van der Waals surface area (Å²) in [6.07, 6.45) is 6.57. The molecule has 2 rings (SSSR count). The molecule has 1 aliphatic rings. The zero-order valence-electron chi connectivity index (χ0n) is 14.3. The second-order valence-corrected chi connectivity index (χ2v) is 12.1. The molecule has 3 heteroatoms. The number of rotatable bonds is 2. The van der Waals surface area contributed by atoms with E-state index in [0.717, 1.165) is 11.3 Å². The zero-order valence-corrected chi connectivity index (χ0v) is 15.3. The van der Waals surface area contributed by atoms with E-state index in [1.54, 1.807) is 6.92 Å². The summed E-state index contributed by atoms with van der Waals surface area (Å²) < 4.78 is 0. The van der Waals surface area contributed by atoms with Gasteiger partial charge in [0.05, 0.1) is 5.69 Å². The van der Waals surface area contributed by atoms with Crippen LogP contribution in [-0.2, 0) is 4.79 Å². The Bertz CT molecular complexity index is 598. The molecular formula is C19H27NOSi. The van der Waals surface area contributed by atoms with Crippen LogP contribution in [0.3, 0.4) is 0 Å². The quantitative estimate of drug-likeness (QED) is 0.609. The van der Waals surface area contributed by atoms with Gasteiger partial charge in [0.2, 0.25) is 5.91 Å². The van der Waals surface area contributed by atoms with Crippen molar-refractivity contribution in [1.29, 1.82) is 0 Å². The Hall–Kier alpha value is -1.53. The molecule has 0 aromatic heterocycles. The van der Waals surface area contributed by atoms with Crippen molar-refractivity contribution in [2.45, 2.75) is 64.6 Å². The van der Waals surface area contributed by atoms with E-state index in [1.165, 1.54) is 37.7 Å². The van der Waals surface area contributed by atoms with E-state index < -0.39 is 8.07 Å². The van der Waals surface area contributed by atoms with Crippen LogP contribution in [0, 0.1) is 11.5 Å². The monoisotopic (exact) mass is 313 g/mol. The highest BCUT2D eigenvalue weighted by Crippen LogP contribution is 2.34. The molecular weight excluding hydrogens is 286 g/mol. The van der Waals surface area contributed by atoms with Gasteiger partial charge in [0.1, 0.15) is 8.07 Å². The minimum Gasteiger partial charge on any atom is -0.325 e. The van der Waals surface area contributed by atoms with Gasteiger partial charge in [0, 0.05) is 12.5 Å². The maximum absolute atomic E-state index is 11.4. The molecule has 0 unspecified atom stereocenters. The third-order valence-corrected chi connectivity index (χ3v) is 4.88. The number of amides is 1. The van der Waals surface area contributed by atoms with E-state index >= 15 is 0 Å². The van der Waals surface area contributed by atoms with Crippen molar-refractivity contribution in [1.82, 2.24) is 0 Å². The number of hydrogen-bond acceptors (Lipinski definition) is 1. The van der Waals surface area contributed by atoms with Gasteiger partial charge in [-0.1, -0.05) is 50.9 Å². The van der Waals surface area contributed by atoms with E-state index in [4.69, 9.17) is 0 Å². The van der Waals surface area contributed by atoms with Crippen molar-refractivity contribution in [2.24, 2.45) is 0 Å². The van der Waals surface area contributed by atoms with Crippen LogP contribution in [-0.4, -0.2) is 14.0 Å². The Labute approximate surface area is 135 Å². The van der Waals surface area contributed by atoms with Gasteiger partial charge < -0.3 is 5.32 Å².